The third-order valence-corrected chi connectivity index (χ3v) is 1.91. The van der Waals surface area contributed by atoms with Gasteiger partial charge in [-0.15, -0.1) is 0 Å². The van der Waals surface area contributed by atoms with E-state index in [0.717, 1.165) is 12.3 Å². The Balaban J connectivity index is 3.17. The molecular weight excluding hydrogens is 212 g/mol. The van der Waals surface area contributed by atoms with Gasteiger partial charge in [-0.05, 0) is 6.07 Å². The maximum absolute atomic E-state index is 11.6. The number of amides is 3. The molecule has 0 aromatic carbocycles. The lowest BCUT2D eigenvalue weighted by Crippen LogP contribution is -2.37. The second-order valence-electron chi connectivity index (χ2n) is 2.95. The average molecular weight is 220 g/mol. The van der Waals surface area contributed by atoms with Gasteiger partial charge in [0.25, 0.3) is 11.5 Å². The van der Waals surface area contributed by atoms with E-state index < -0.39 is 17.5 Å². The highest BCUT2D eigenvalue weighted by Gasteiger charge is 2.17. The van der Waals surface area contributed by atoms with Crippen molar-refractivity contribution in [3.63, 3.8) is 0 Å². The highest BCUT2D eigenvalue weighted by atomic mass is 16.2. The van der Waals surface area contributed by atoms with Crippen LogP contribution in [0.4, 0.5) is 4.79 Å². The summed E-state index contributed by atoms with van der Waals surface area (Å²) in [7, 11) is 1.20. The monoisotopic (exact) mass is 220 g/mol. The summed E-state index contributed by atoms with van der Waals surface area (Å²) in [6.45, 7) is 0. The fraction of sp³-hybridized carbons (Fsp3) is 0.111. The number of hydrogen-bond acceptors (Lipinski definition) is 4. The molecule has 1 heterocycles. The Kier molecular flexibility index (Phi) is 3.06. The molecule has 0 bridgehead atoms. The molecule has 0 saturated carbocycles. The zero-order valence-corrected chi connectivity index (χ0v) is 8.35. The number of carbonyl (C=O) groups excluding carboxylic acids is 2. The molecule has 7 nitrogen and oxygen atoms in total. The van der Waals surface area contributed by atoms with Gasteiger partial charge in [-0.1, -0.05) is 0 Å². The molecule has 1 aromatic heterocycles. The predicted molar refractivity (Wildman–Crippen MR) is 53.5 cm³/mol. The normalized spacial score (nSPS) is 9.25. The lowest BCUT2D eigenvalue weighted by atomic mass is 10.2. The van der Waals surface area contributed by atoms with Gasteiger partial charge >= 0.3 is 6.03 Å². The van der Waals surface area contributed by atoms with E-state index in [1.54, 1.807) is 6.07 Å². The molecule has 0 aliphatic carbocycles. The van der Waals surface area contributed by atoms with Crippen molar-refractivity contribution in [3.8, 4) is 6.07 Å². The number of rotatable bonds is 1. The van der Waals surface area contributed by atoms with Crippen LogP contribution in [-0.2, 0) is 0 Å². The van der Waals surface area contributed by atoms with E-state index in [1.807, 2.05) is 0 Å². The van der Waals surface area contributed by atoms with Crippen LogP contribution in [-0.4, -0.2) is 28.9 Å². The Hall–Kier alpha value is -2.62. The third-order valence-electron chi connectivity index (χ3n) is 1.91. The van der Waals surface area contributed by atoms with Crippen molar-refractivity contribution in [1.29, 1.82) is 5.26 Å². The minimum Gasteiger partial charge on any atom is -0.351 e. The molecule has 0 spiro atoms. The fourth-order valence-electron chi connectivity index (χ4n) is 0.984. The van der Waals surface area contributed by atoms with Crippen molar-refractivity contribution in [2.75, 3.05) is 7.05 Å². The number of hydrogen-bond donors (Lipinski definition) is 2. The summed E-state index contributed by atoms with van der Waals surface area (Å²) in [5.74, 6) is -0.694. The molecule has 0 aliphatic heterocycles. The molecule has 0 unspecified atom stereocenters. The average Bonchev–Trinajstić information content (AvgIpc) is 2.27. The zero-order chi connectivity index (χ0) is 12.3. The second kappa shape index (κ2) is 4.27. The van der Waals surface area contributed by atoms with E-state index >= 15 is 0 Å². The van der Waals surface area contributed by atoms with Crippen molar-refractivity contribution >= 4 is 11.9 Å². The first-order valence-corrected chi connectivity index (χ1v) is 4.17. The van der Waals surface area contributed by atoms with Crippen LogP contribution >= 0.6 is 0 Å². The second-order valence-corrected chi connectivity index (χ2v) is 2.95. The summed E-state index contributed by atoms with van der Waals surface area (Å²) < 4.78 is 0. The Bertz CT molecular complexity index is 540. The maximum atomic E-state index is 11.6. The van der Waals surface area contributed by atoms with E-state index in [2.05, 4.69) is 4.98 Å². The lowest BCUT2D eigenvalue weighted by molar-refractivity contribution is 0.0837. The maximum Gasteiger partial charge on any atom is 0.321 e. The minimum absolute atomic E-state index is 0.0115. The van der Waals surface area contributed by atoms with Gasteiger partial charge in [0.15, 0.2) is 0 Å². The largest absolute Gasteiger partial charge is 0.351 e. The van der Waals surface area contributed by atoms with Crippen LogP contribution in [0.5, 0.6) is 0 Å². The predicted octanol–water partition coefficient (Wildman–Crippen LogP) is -0.603. The number of nitriles is 1. The number of aromatic amines is 1. The van der Waals surface area contributed by atoms with Gasteiger partial charge in [0.2, 0.25) is 0 Å². The number of pyridine rings is 1. The Morgan fingerprint density at radius 1 is 1.56 bits per heavy atom. The summed E-state index contributed by atoms with van der Waals surface area (Å²) >= 11 is 0. The van der Waals surface area contributed by atoms with Crippen molar-refractivity contribution in [2.45, 2.75) is 0 Å². The number of urea groups is 1. The van der Waals surface area contributed by atoms with Crippen molar-refractivity contribution in [1.82, 2.24) is 9.88 Å². The third kappa shape index (κ3) is 2.06. The van der Waals surface area contributed by atoms with E-state index in [-0.39, 0.29) is 11.1 Å². The molecule has 1 rings (SSSR count). The quantitative estimate of drug-likeness (QED) is 0.656. The number of imide groups is 1. The number of nitrogens with two attached hydrogens (primary N) is 1. The molecule has 0 aliphatic rings. The molecule has 82 valence electrons. The summed E-state index contributed by atoms with van der Waals surface area (Å²) in [4.78, 5) is 36.2. The van der Waals surface area contributed by atoms with E-state index in [0.29, 0.717) is 4.90 Å². The lowest BCUT2D eigenvalue weighted by Gasteiger charge is -2.11. The Morgan fingerprint density at radius 2 is 2.19 bits per heavy atom. The minimum atomic E-state index is -0.922. The smallest absolute Gasteiger partial charge is 0.321 e. The van der Waals surface area contributed by atoms with Crippen LogP contribution in [0.15, 0.2) is 17.1 Å². The standard InChI is InChI=1S/C9H8N4O3/c1-13(9(11)16)8(15)6-2-5(3-10)7(14)12-4-6/h2,4H,1H3,(H2,11,16)(H,12,14). The number of nitrogens with one attached hydrogen (secondary N) is 1. The van der Waals surface area contributed by atoms with Crippen molar-refractivity contribution in [3.05, 3.63) is 33.7 Å². The van der Waals surface area contributed by atoms with Gasteiger partial charge in [0.1, 0.15) is 11.6 Å². The summed E-state index contributed by atoms with van der Waals surface area (Å²) in [6, 6.07) is 1.80. The van der Waals surface area contributed by atoms with Gasteiger partial charge in [0, 0.05) is 13.2 Å². The van der Waals surface area contributed by atoms with Gasteiger partial charge in [0.05, 0.1) is 5.56 Å². The van der Waals surface area contributed by atoms with Crippen LogP contribution in [0.1, 0.15) is 15.9 Å². The number of primary amides is 1. The molecule has 1 aromatic rings. The fourth-order valence-corrected chi connectivity index (χ4v) is 0.984. The van der Waals surface area contributed by atoms with Gasteiger partial charge in [-0.25, -0.2) is 4.79 Å². The van der Waals surface area contributed by atoms with Gasteiger partial charge in [-0.2, -0.15) is 5.26 Å². The number of nitrogens with zero attached hydrogens (tertiary/aromatic N) is 2. The summed E-state index contributed by atoms with van der Waals surface area (Å²) in [5, 5.41) is 8.59. The van der Waals surface area contributed by atoms with Crippen molar-refractivity contribution < 1.29 is 9.59 Å². The van der Waals surface area contributed by atoms with Crippen LogP contribution in [0.25, 0.3) is 0 Å². The van der Waals surface area contributed by atoms with Gasteiger partial charge < -0.3 is 10.7 Å². The number of carbonyl (C=O) groups is 2. The highest BCUT2D eigenvalue weighted by molar-refractivity contribution is 6.03. The van der Waals surface area contributed by atoms with Crippen LogP contribution in [0, 0.1) is 11.3 Å². The van der Waals surface area contributed by atoms with Crippen LogP contribution in [0.3, 0.4) is 0 Å². The molecule has 0 atom stereocenters. The Morgan fingerprint density at radius 3 is 2.69 bits per heavy atom. The van der Waals surface area contributed by atoms with Gasteiger partial charge in [-0.3, -0.25) is 14.5 Å². The first-order valence-electron chi connectivity index (χ1n) is 4.17. The molecule has 0 fully saturated rings. The summed E-state index contributed by atoms with van der Waals surface area (Å²) in [5.41, 5.74) is 4.11. The molecule has 0 radical (unpaired) electrons. The van der Waals surface area contributed by atoms with E-state index in [9.17, 15) is 14.4 Å². The Labute approximate surface area is 90.1 Å². The highest BCUT2D eigenvalue weighted by Crippen LogP contribution is 2.02. The topological polar surface area (TPSA) is 120 Å². The molecule has 3 amide bonds. The molecule has 7 heteroatoms. The van der Waals surface area contributed by atoms with E-state index in [1.165, 1.54) is 7.05 Å². The first-order chi connectivity index (χ1) is 7.47. The first kappa shape index (κ1) is 11.5. The summed E-state index contributed by atoms with van der Waals surface area (Å²) in [6.07, 6.45) is 1.12. The number of H-pyrrole nitrogens is 1. The molecule has 0 saturated heterocycles. The van der Waals surface area contributed by atoms with Crippen molar-refractivity contribution in [2.24, 2.45) is 5.73 Å². The molecule has 3 N–H and O–H groups in total. The molecular formula is C9H8N4O3. The van der Waals surface area contributed by atoms with E-state index in [4.69, 9.17) is 11.0 Å². The zero-order valence-electron chi connectivity index (χ0n) is 8.35. The SMILES string of the molecule is CN(C(N)=O)C(=O)c1c[nH]c(=O)c(C#N)c1. The van der Waals surface area contributed by atoms with Crippen LogP contribution in [0.2, 0.25) is 0 Å². The number of aromatic nitrogens is 1. The molecule has 16 heavy (non-hydrogen) atoms. The van der Waals surface area contributed by atoms with Crippen LogP contribution < -0.4 is 11.3 Å².